The summed E-state index contributed by atoms with van der Waals surface area (Å²) in [6.07, 6.45) is 2.85. The topological polar surface area (TPSA) is 83.1 Å². The number of amides is 3. The molecule has 1 aromatic heterocycles. The van der Waals surface area contributed by atoms with Crippen LogP contribution < -0.4 is 16.0 Å². The summed E-state index contributed by atoms with van der Waals surface area (Å²) in [6.45, 7) is 6.13. The standard InChI is InChI=1S/C15H24N4O2/c1-4-11(2)18-14(20)8-10-17-15(21)19-12(3)13-7-5-6-9-16-13/h5-7,9,11-12H,4,8,10H2,1-3H3,(H,18,20)(H2,17,19,21)/t11-,12-/m0/s1. The lowest BCUT2D eigenvalue weighted by atomic mass is 10.2. The third kappa shape index (κ3) is 6.74. The average molecular weight is 292 g/mol. The number of nitrogens with zero attached hydrogens (tertiary/aromatic N) is 1. The van der Waals surface area contributed by atoms with Crippen LogP contribution in [-0.4, -0.2) is 29.5 Å². The van der Waals surface area contributed by atoms with Gasteiger partial charge in [-0.05, 0) is 32.4 Å². The molecule has 0 unspecified atom stereocenters. The van der Waals surface area contributed by atoms with Gasteiger partial charge < -0.3 is 16.0 Å². The summed E-state index contributed by atoms with van der Waals surface area (Å²) in [7, 11) is 0. The van der Waals surface area contributed by atoms with Crippen molar-refractivity contribution in [1.82, 2.24) is 20.9 Å². The molecule has 1 aromatic rings. The Hall–Kier alpha value is -2.11. The van der Waals surface area contributed by atoms with E-state index in [-0.39, 0.29) is 30.4 Å². The van der Waals surface area contributed by atoms with E-state index < -0.39 is 0 Å². The minimum Gasteiger partial charge on any atom is -0.354 e. The normalized spacial score (nSPS) is 13.1. The van der Waals surface area contributed by atoms with Crippen LogP contribution in [0, 0.1) is 0 Å². The van der Waals surface area contributed by atoms with E-state index in [0.717, 1.165) is 12.1 Å². The second kappa shape index (κ2) is 8.94. The highest BCUT2D eigenvalue weighted by Crippen LogP contribution is 2.06. The van der Waals surface area contributed by atoms with Crippen LogP contribution in [0.2, 0.25) is 0 Å². The van der Waals surface area contributed by atoms with Gasteiger partial charge in [-0.1, -0.05) is 13.0 Å². The van der Waals surface area contributed by atoms with Gasteiger partial charge in [0.25, 0.3) is 0 Å². The Labute approximate surface area is 125 Å². The maximum atomic E-state index is 11.7. The fourth-order valence-electron chi connectivity index (χ4n) is 1.69. The van der Waals surface area contributed by atoms with Crippen LogP contribution in [0.15, 0.2) is 24.4 Å². The maximum Gasteiger partial charge on any atom is 0.315 e. The molecular weight excluding hydrogens is 268 g/mol. The fourth-order valence-corrected chi connectivity index (χ4v) is 1.69. The maximum absolute atomic E-state index is 11.7. The zero-order valence-corrected chi connectivity index (χ0v) is 12.8. The number of nitrogens with one attached hydrogen (secondary N) is 3. The average Bonchev–Trinajstić information content (AvgIpc) is 2.47. The molecule has 3 amide bonds. The van der Waals surface area contributed by atoms with Gasteiger partial charge in [0.05, 0.1) is 11.7 Å². The molecule has 0 bridgehead atoms. The summed E-state index contributed by atoms with van der Waals surface area (Å²) in [4.78, 5) is 27.4. The number of aromatic nitrogens is 1. The Morgan fingerprint density at radius 2 is 2.00 bits per heavy atom. The summed E-state index contributed by atoms with van der Waals surface area (Å²) in [5.74, 6) is -0.0533. The molecular formula is C15H24N4O2. The van der Waals surface area contributed by atoms with Crippen LogP contribution in [0.3, 0.4) is 0 Å². The molecule has 0 spiro atoms. The van der Waals surface area contributed by atoms with Gasteiger partial charge in [-0.2, -0.15) is 0 Å². The molecule has 21 heavy (non-hydrogen) atoms. The first kappa shape index (κ1) is 16.9. The number of pyridine rings is 1. The van der Waals surface area contributed by atoms with Crippen molar-refractivity contribution in [3.63, 3.8) is 0 Å². The van der Waals surface area contributed by atoms with Gasteiger partial charge in [0.2, 0.25) is 5.91 Å². The number of hydrogen-bond acceptors (Lipinski definition) is 3. The lowest BCUT2D eigenvalue weighted by Gasteiger charge is -2.14. The Balaban J connectivity index is 2.24. The van der Waals surface area contributed by atoms with Crippen molar-refractivity contribution < 1.29 is 9.59 Å². The van der Waals surface area contributed by atoms with Crippen LogP contribution in [0.4, 0.5) is 4.79 Å². The van der Waals surface area contributed by atoms with E-state index in [1.165, 1.54) is 0 Å². The lowest BCUT2D eigenvalue weighted by Crippen LogP contribution is -2.40. The largest absolute Gasteiger partial charge is 0.354 e. The van der Waals surface area contributed by atoms with E-state index in [4.69, 9.17) is 0 Å². The highest BCUT2D eigenvalue weighted by atomic mass is 16.2. The van der Waals surface area contributed by atoms with E-state index in [2.05, 4.69) is 20.9 Å². The van der Waals surface area contributed by atoms with Gasteiger partial charge in [-0.25, -0.2) is 4.79 Å². The highest BCUT2D eigenvalue weighted by molar-refractivity contribution is 5.78. The van der Waals surface area contributed by atoms with Crippen molar-refractivity contribution >= 4 is 11.9 Å². The summed E-state index contributed by atoms with van der Waals surface area (Å²) in [5.41, 5.74) is 0.794. The van der Waals surface area contributed by atoms with E-state index in [9.17, 15) is 9.59 Å². The van der Waals surface area contributed by atoms with Gasteiger partial charge in [-0.3, -0.25) is 9.78 Å². The molecule has 0 fully saturated rings. The quantitative estimate of drug-likeness (QED) is 0.716. The molecule has 116 valence electrons. The van der Waals surface area contributed by atoms with Crippen molar-refractivity contribution in [3.8, 4) is 0 Å². The molecule has 2 atom stereocenters. The van der Waals surface area contributed by atoms with Crippen molar-refractivity contribution in [2.45, 2.75) is 45.7 Å². The summed E-state index contributed by atoms with van der Waals surface area (Å²) in [5, 5.41) is 8.29. The van der Waals surface area contributed by atoms with Gasteiger partial charge in [0.15, 0.2) is 0 Å². The first-order chi connectivity index (χ1) is 10.0. The zero-order valence-electron chi connectivity index (χ0n) is 12.8. The third-order valence-corrected chi connectivity index (χ3v) is 3.14. The summed E-state index contributed by atoms with van der Waals surface area (Å²) in [6, 6.07) is 5.23. The monoisotopic (exact) mass is 292 g/mol. The van der Waals surface area contributed by atoms with Crippen LogP contribution >= 0.6 is 0 Å². The first-order valence-corrected chi connectivity index (χ1v) is 7.27. The summed E-state index contributed by atoms with van der Waals surface area (Å²) < 4.78 is 0. The molecule has 0 saturated carbocycles. The first-order valence-electron chi connectivity index (χ1n) is 7.27. The van der Waals surface area contributed by atoms with Gasteiger partial charge in [0, 0.05) is 25.2 Å². The molecule has 3 N–H and O–H groups in total. The summed E-state index contributed by atoms with van der Waals surface area (Å²) >= 11 is 0. The molecule has 6 nitrogen and oxygen atoms in total. The Bertz CT molecular complexity index is 450. The lowest BCUT2D eigenvalue weighted by molar-refractivity contribution is -0.121. The molecule has 0 radical (unpaired) electrons. The van der Waals surface area contributed by atoms with Crippen molar-refractivity contribution in [1.29, 1.82) is 0 Å². The van der Waals surface area contributed by atoms with Gasteiger partial charge in [-0.15, -0.1) is 0 Å². The van der Waals surface area contributed by atoms with Crippen molar-refractivity contribution in [2.75, 3.05) is 6.54 Å². The molecule has 0 saturated heterocycles. The highest BCUT2D eigenvalue weighted by Gasteiger charge is 2.10. The van der Waals surface area contributed by atoms with E-state index >= 15 is 0 Å². The Morgan fingerprint density at radius 3 is 2.62 bits per heavy atom. The molecule has 0 aromatic carbocycles. The van der Waals surface area contributed by atoms with Gasteiger partial charge >= 0.3 is 6.03 Å². The number of carbonyl (C=O) groups excluding carboxylic acids is 2. The predicted octanol–water partition coefficient (Wildman–Crippen LogP) is 1.75. The second-order valence-electron chi connectivity index (χ2n) is 5.00. The Kier molecular flexibility index (Phi) is 7.21. The molecule has 1 heterocycles. The number of carbonyl (C=O) groups is 2. The fraction of sp³-hybridized carbons (Fsp3) is 0.533. The minimum absolute atomic E-state index is 0.0533. The Morgan fingerprint density at radius 1 is 1.24 bits per heavy atom. The van der Waals surface area contributed by atoms with Crippen LogP contribution in [-0.2, 0) is 4.79 Å². The molecule has 0 aliphatic carbocycles. The van der Waals surface area contributed by atoms with E-state index in [1.807, 2.05) is 39.0 Å². The predicted molar refractivity (Wildman–Crippen MR) is 81.7 cm³/mol. The van der Waals surface area contributed by atoms with Crippen molar-refractivity contribution in [3.05, 3.63) is 30.1 Å². The molecule has 0 aliphatic heterocycles. The SMILES string of the molecule is CC[C@H](C)NC(=O)CCNC(=O)N[C@@H](C)c1ccccn1. The van der Waals surface area contributed by atoms with Crippen LogP contribution in [0.25, 0.3) is 0 Å². The van der Waals surface area contributed by atoms with E-state index in [1.54, 1.807) is 6.20 Å². The van der Waals surface area contributed by atoms with Crippen LogP contribution in [0.1, 0.15) is 45.3 Å². The zero-order chi connectivity index (χ0) is 15.7. The molecule has 6 heteroatoms. The van der Waals surface area contributed by atoms with Crippen molar-refractivity contribution in [2.24, 2.45) is 0 Å². The number of urea groups is 1. The second-order valence-corrected chi connectivity index (χ2v) is 5.00. The molecule has 0 aliphatic rings. The minimum atomic E-state index is -0.301. The number of hydrogen-bond donors (Lipinski definition) is 3. The third-order valence-electron chi connectivity index (χ3n) is 3.14. The smallest absolute Gasteiger partial charge is 0.315 e. The number of rotatable bonds is 7. The van der Waals surface area contributed by atoms with Crippen LogP contribution in [0.5, 0.6) is 0 Å². The van der Waals surface area contributed by atoms with Gasteiger partial charge in [0.1, 0.15) is 0 Å². The van der Waals surface area contributed by atoms with E-state index in [0.29, 0.717) is 6.54 Å². The molecule has 1 rings (SSSR count).